The van der Waals surface area contributed by atoms with Crippen LogP contribution in [0.15, 0.2) is 0 Å². The van der Waals surface area contributed by atoms with E-state index in [-0.39, 0.29) is 18.5 Å². The average molecular weight is 581 g/mol. The molecule has 244 valence electrons. The highest BCUT2D eigenvalue weighted by molar-refractivity contribution is 5.69. The van der Waals surface area contributed by atoms with E-state index in [4.69, 9.17) is 9.84 Å². The van der Waals surface area contributed by atoms with E-state index >= 15 is 0 Å². The molecule has 0 heterocycles. The average Bonchev–Trinajstić information content (AvgIpc) is 2.95. The van der Waals surface area contributed by atoms with Gasteiger partial charge in [0.25, 0.3) is 0 Å². The summed E-state index contributed by atoms with van der Waals surface area (Å²) < 4.78 is 5.96. The molecule has 0 saturated carbocycles. The van der Waals surface area contributed by atoms with Gasteiger partial charge in [0.05, 0.1) is 0 Å². The number of unbranched alkanes of at least 4 members (excludes halogenated alkanes) is 25. The molecular weight excluding hydrogens is 508 g/mol. The molecule has 0 aliphatic heterocycles. The zero-order valence-electron chi connectivity index (χ0n) is 27.9. The van der Waals surface area contributed by atoms with Gasteiger partial charge in [-0.1, -0.05) is 168 Å². The summed E-state index contributed by atoms with van der Waals surface area (Å²) in [5.41, 5.74) is 0. The predicted octanol–water partition coefficient (Wildman–Crippen LogP) is 12.5. The second kappa shape index (κ2) is 33.4. The van der Waals surface area contributed by atoms with Crippen LogP contribution in [0.2, 0.25) is 0 Å². The second-order valence-corrected chi connectivity index (χ2v) is 12.8. The minimum absolute atomic E-state index is 0.00140. The number of hydrogen-bond acceptors (Lipinski definition) is 3. The molecule has 0 aromatic carbocycles. The lowest BCUT2D eigenvalue weighted by Crippen LogP contribution is -2.18. The van der Waals surface area contributed by atoms with Crippen molar-refractivity contribution in [3.05, 3.63) is 0 Å². The number of ether oxygens (including phenoxy) is 1. The van der Waals surface area contributed by atoms with Crippen molar-refractivity contribution in [1.82, 2.24) is 0 Å². The quantitative estimate of drug-likeness (QED) is 0.0607. The van der Waals surface area contributed by atoms with Crippen molar-refractivity contribution >= 4 is 11.9 Å². The number of aliphatic carboxylic acids is 1. The Morgan fingerprint density at radius 3 is 1.07 bits per heavy atom. The standard InChI is InChI=1S/C37H72O4/c1-3-5-7-9-11-12-13-14-15-16-17-18-19-21-23-27-31-35(32-28-24-22-25-29-33-36(38)39)41-37(40)34-30-26-20-10-8-6-4-2/h35H,3-34H2,1-2H3,(H,38,39). The molecular formula is C37H72O4. The fourth-order valence-electron chi connectivity index (χ4n) is 5.83. The molecule has 1 unspecified atom stereocenters. The Labute approximate surface area is 256 Å². The molecule has 1 atom stereocenters. The lowest BCUT2D eigenvalue weighted by molar-refractivity contribution is -0.150. The number of hydrogen-bond donors (Lipinski definition) is 1. The molecule has 0 aromatic heterocycles. The smallest absolute Gasteiger partial charge is 0.306 e. The van der Waals surface area contributed by atoms with E-state index in [1.54, 1.807) is 0 Å². The van der Waals surface area contributed by atoms with E-state index in [1.807, 2.05) is 0 Å². The predicted molar refractivity (Wildman–Crippen MR) is 177 cm³/mol. The molecule has 41 heavy (non-hydrogen) atoms. The van der Waals surface area contributed by atoms with Crippen molar-refractivity contribution < 1.29 is 19.4 Å². The summed E-state index contributed by atoms with van der Waals surface area (Å²) in [6.07, 6.45) is 38.4. The van der Waals surface area contributed by atoms with Gasteiger partial charge in [0.15, 0.2) is 0 Å². The molecule has 0 spiro atoms. The van der Waals surface area contributed by atoms with Crippen molar-refractivity contribution in [2.24, 2.45) is 0 Å². The number of carbonyl (C=O) groups excluding carboxylic acids is 1. The first kappa shape index (κ1) is 39.9. The van der Waals surface area contributed by atoms with Crippen LogP contribution in [0.5, 0.6) is 0 Å². The van der Waals surface area contributed by atoms with Crippen LogP contribution in [-0.2, 0) is 14.3 Å². The Morgan fingerprint density at radius 1 is 0.439 bits per heavy atom. The van der Waals surface area contributed by atoms with Gasteiger partial charge in [0, 0.05) is 12.8 Å². The fraction of sp³-hybridized carbons (Fsp3) is 0.946. The molecule has 0 aromatic rings. The van der Waals surface area contributed by atoms with Gasteiger partial charge in [0.2, 0.25) is 0 Å². The van der Waals surface area contributed by atoms with Crippen LogP contribution in [-0.4, -0.2) is 23.1 Å². The van der Waals surface area contributed by atoms with Gasteiger partial charge in [-0.05, 0) is 38.5 Å². The minimum Gasteiger partial charge on any atom is -0.481 e. The Bertz CT molecular complexity index is 547. The second-order valence-electron chi connectivity index (χ2n) is 12.8. The van der Waals surface area contributed by atoms with Crippen molar-refractivity contribution in [1.29, 1.82) is 0 Å². The number of rotatable bonds is 34. The first-order chi connectivity index (χ1) is 20.1. The highest BCUT2D eigenvalue weighted by atomic mass is 16.5. The fourth-order valence-corrected chi connectivity index (χ4v) is 5.83. The van der Waals surface area contributed by atoms with Crippen LogP contribution in [0.4, 0.5) is 0 Å². The van der Waals surface area contributed by atoms with Gasteiger partial charge in [-0.3, -0.25) is 9.59 Å². The summed E-state index contributed by atoms with van der Waals surface area (Å²) in [5.74, 6) is -0.696. The van der Waals surface area contributed by atoms with E-state index < -0.39 is 5.97 Å². The van der Waals surface area contributed by atoms with Crippen molar-refractivity contribution in [2.75, 3.05) is 0 Å². The van der Waals surface area contributed by atoms with Crippen LogP contribution in [0.25, 0.3) is 0 Å². The molecule has 0 saturated heterocycles. The first-order valence-electron chi connectivity index (χ1n) is 18.5. The Balaban J connectivity index is 3.94. The maximum absolute atomic E-state index is 12.5. The zero-order chi connectivity index (χ0) is 30.1. The molecule has 0 fully saturated rings. The van der Waals surface area contributed by atoms with Crippen molar-refractivity contribution in [3.63, 3.8) is 0 Å². The Kier molecular flexibility index (Phi) is 32.6. The van der Waals surface area contributed by atoms with E-state index in [2.05, 4.69) is 13.8 Å². The van der Waals surface area contributed by atoms with E-state index in [9.17, 15) is 9.59 Å². The Hall–Kier alpha value is -1.06. The summed E-state index contributed by atoms with van der Waals surface area (Å²) in [6.45, 7) is 4.53. The molecule has 0 amide bonds. The first-order valence-corrected chi connectivity index (χ1v) is 18.5. The highest BCUT2D eigenvalue weighted by Crippen LogP contribution is 2.19. The molecule has 0 bridgehead atoms. The molecule has 0 aliphatic rings. The summed E-state index contributed by atoms with van der Waals surface area (Å²) >= 11 is 0. The zero-order valence-corrected chi connectivity index (χ0v) is 27.9. The number of carboxylic acids is 1. The lowest BCUT2D eigenvalue weighted by Gasteiger charge is -2.18. The highest BCUT2D eigenvalue weighted by Gasteiger charge is 2.14. The van der Waals surface area contributed by atoms with E-state index in [0.717, 1.165) is 64.2 Å². The largest absolute Gasteiger partial charge is 0.481 e. The van der Waals surface area contributed by atoms with Crippen LogP contribution >= 0.6 is 0 Å². The molecule has 0 radical (unpaired) electrons. The third kappa shape index (κ3) is 33.3. The van der Waals surface area contributed by atoms with Crippen LogP contribution in [0.3, 0.4) is 0 Å². The SMILES string of the molecule is CCCCCCCCCCCCCCCCCCC(CCCCCCCC(=O)O)OC(=O)CCCCCCCCC. The van der Waals surface area contributed by atoms with Gasteiger partial charge in [0.1, 0.15) is 6.10 Å². The van der Waals surface area contributed by atoms with Gasteiger partial charge in [-0.15, -0.1) is 0 Å². The summed E-state index contributed by atoms with van der Waals surface area (Å²) in [6, 6.07) is 0. The van der Waals surface area contributed by atoms with Gasteiger partial charge >= 0.3 is 11.9 Å². The number of carboxylic acid groups (broad SMARTS) is 1. The lowest BCUT2D eigenvalue weighted by atomic mass is 10.0. The summed E-state index contributed by atoms with van der Waals surface area (Å²) in [4.78, 5) is 23.2. The van der Waals surface area contributed by atoms with Crippen molar-refractivity contribution in [3.8, 4) is 0 Å². The number of carbonyl (C=O) groups is 2. The number of esters is 1. The molecule has 4 nitrogen and oxygen atoms in total. The van der Waals surface area contributed by atoms with E-state index in [1.165, 1.54) is 128 Å². The Morgan fingerprint density at radius 2 is 0.732 bits per heavy atom. The molecule has 0 rings (SSSR count). The normalized spacial score (nSPS) is 12.0. The van der Waals surface area contributed by atoms with Crippen LogP contribution in [0.1, 0.15) is 219 Å². The minimum atomic E-state index is -0.697. The topological polar surface area (TPSA) is 63.6 Å². The van der Waals surface area contributed by atoms with E-state index in [0.29, 0.717) is 6.42 Å². The molecule has 0 aliphatic carbocycles. The third-order valence-electron chi connectivity index (χ3n) is 8.58. The summed E-state index contributed by atoms with van der Waals surface area (Å²) in [7, 11) is 0. The van der Waals surface area contributed by atoms with Crippen LogP contribution in [0, 0.1) is 0 Å². The van der Waals surface area contributed by atoms with Crippen LogP contribution < -0.4 is 0 Å². The van der Waals surface area contributed by atoms with Crippen molar-refractivity contribution in [2.45, 2.75) is 225 Å². The molecule has 1 N–H and O–H groups in total. The maximum atomic E-state index is 12.5. The van der Waals surface area contributed by atoms with Gasteiger partial charge in [-0.2, -0.15) is 0 Å². The van der Waals surface area contributed by atoms with Gasteiger partial charge < -0.3 is 9.84 Å². The summed E-state index contributed by atoms with van der Waals surface area (Å²) in [5, 5.41) is 8.79. The molecule has 4 heteroatoms. The monoisotopic (exact) mass is 581 g/mol. The van der Waals surface area contributed by atoms with Gasteiger partial charge in [-0.25, -0.2) is 0 Å². The maximum Gasteiger partial charge on any atom is 0.306 e. The third-order valence-corrected chi connectivity index (χ3v) is 8.58.